The highest BCUT2D eigenvalue weighted by Gasteiger charge is 2.22. The monoisotopic (exact) mass is 332 g/mol. The maximum atomic E-state index is 13.2. The SMILES string of the molecule is C[C@@H](NS(=O)(=O)c1cccnc1Cl)c1ccc(F)c(F)c1. The molecule has 1 aromatic heterocycles. The number of pyridine rings is 1. The summed E-state index contributed by atoms with van der Waals surface area (Å²) in [5.41, 5.74) is 0.289. The van der Waals surface area contributed by atoms with Crippen LogP contribution in [0.15, 0.2) is 41.4 Å². The second-order valence-corrected chi connectivity index (χ2v) is 6.35. The van der Waals surface area contributed by atoms with Crippen molar-refractivity contribution in [3.63, 3.8) is 0 Å². The normalized spacial score (nSPS) is 13.1. The average Bonchev–Trinajstić information content (AvgIpc) is 2.41. The summed E-state index contributed by atoms with van der Waals surface area (Å²) in [6, 6.07) is 5.15. The molecule has 1 atom stereocenters. The Bertz CT molecular complexity index is 769. The molecule has 1 aromatic carbocycles. The first-order valence-electron chi connectivity index (χ1n) is 5.89. The Morgan fingerprint density at radius 3 is 2.57 bits per heavy atom. The van der Waals surface area contributed by atoms with Crippen LogP contribution in [0.3, 0.4) is 0 Å². The van der Waals surface area contributed by atoms with Gasteiger partial charge in [0.05, 0.1) is 0 Å². The standard InChI is InChI=1S/C13H11ClF2N2O2S/c1-8(9-4-5-10(15)11(16)7-9)18-21(19,20)12-3-2-6-17-13(12)14/h2-8,18H,1H3/t8-/m1/s1. The molecule has 0 spiro atoms. The number of rotatable bonds is 4. The Balaban J connectivity index is 2.28. The molecule has 0 bridgehead atoms. The quantitative estimate of drug-likeness (QED) is 0.875. The second-order valence-electron chi connectivity index (χ2n) is 4.31. The molecule has 2 aromatic rings. The topological polar surface area (TPSA) is 59.1 Å². The third-order valence-corrected chi connectivity index (χ3v) is 4.78. The van der Waals surface area contributed by atoms with Crippen molar-refractivity contribution in [3.8, 4) is 0 Å². The van der Waals surface area contributed by atoms with Gasteiger partial charge in [0.1, 0.15) is 10.0 Å². The highest BCUT2D eigenvalue weighted by Crippen LogP contribution is 2.22. The molecule has 8 heteroatoms. The molecule has 0 saturated carbocycles. The number of halogens is 3. The predicted octanol–water partition coefficient (Wildman–Crippen LogP) is 3.05. The molecular formula is C13H11ClF2N2O2S. The van der Waals surface area contributed by atoms with Gasteiger partial charge in [0, 0.05) is 12.2 Å². The number of hydrogen-bond acceptors (Lipinski definition) is 3. The van der Waals surface area contributed by atoms with E-state index in [1.807, 2.05) is 0 Å². The van der Waals surface area contributed by atoms with Gasteiger partial charge < -0.3 is 0 Å². The fourth-order valence-electron chi connectivity index (χ4n) is 1.72. The van der Waals surface area contributed by atoms with Gasteiger partial charge >= 0.3 is 0 Å². The summed E-state index contributed by atoms with van der Waals surface area (Å²) < 4.78 is 52.8. The van der Waals surface area contributed by atoms with Gasteiger partial charge in [-0.1, -0.05) is 17.7 Å². The van der Waals surface area contributed by atoms with Crippen LogP contribution in [0, 0.1) is 11.6 Å². The number of nitrogens with zero attached hydrogens (tertiary/aromatic N) is 1. The van der Waals surface area contributed by atoms with Crippen molar-refractivity contribution < 1.29 is 17.2 Å². The Morgan fingerprint density at radius 2 is 1.95 bits per heavy atom. The van der Waals surface area contributed by atoms with E-state index in [9.17, 15) is 17.2 Å². The highest BCUT2D eigenvalue weighted by molar-refractivity contribution is 7.89. The molecule has 0 amide bonds. The zero-order valence-electron chi connectivity index (χ0n) is 10.8. The number of sulfonamides is 1. The smallest absolute Gasteiger partial charge is 0.243 e. The van der Waals surface area contributed by atoms with Crippen molar-refractivity contribution in [2.24, 2.45) is 0 Å². The third-order valence-electron chi connectivity index (χ3n) is 2.79. The average molecular weight is 333 g/mol. The fraction of sp³-hybridized carbons (Fsp3) is 0.154. The minimum atomic E-state index is -3.92. The number of benzene rings is 1. The lowest BCUT2D eigenvalue weighted by atomic mass is 10.1. The lowest BCUT2D eigenvalue weighted by Crippen LogP contribution is -2.27. The lowest BCUT2D eigenvalue weighted by molar-refractivity contribution is 0.504. The van der Waals surface area contributed by atoms with Gasteiger partial charge in [0.2, 0.25) is 10.0 Å². The summed E-state index contributed by atoms with van der Waals surface area (Å²) in [6.07, 6.45) is 1.36. The van der Waals surface area contributed by atoms with E-state index in [2.05, 4.69) is 9.71 Å². The van der Waals surface area contributed by atoms with Crippen molar-refractivity contribution in [1.82, 2.24) is 9.71 Å². The van der Waals surface area contributed by atoms with E-state index in [0.717, 1.165) is 12.1 Å². The Hall–Kier alpha value is -1.57. The molecule has 21 heavy (non-hydrogen) atoms. The van der Waals surface area contributed by atoms with Crippen molar-refractivity contribution in [2.75, 3.05) is 0 Å². The molecule has 0 aliphatic rings. The second kappa shape index (κ2) is 6.05. The first-order chi connectivity index (χ1) is 9.81. The van der Waals surface area contributed by atoms with Crippen molar-refractivity contribution in [2.45, 2.75) is 17.9 Å². The first kappa shape index (κ1) is 15.8. The largest absolute Gasteiger partial charge is 0.244 e. The summed E-state index contributed by atoms with van der Waals surface area (Å²) in [5, 5.41) is -0.164. The van der Waals surface area contributed by atoms with Crippen LogP contribution in [0.2, 0.25) is 5.15 Å². The lowest BCUT2D eigenvalue weighted by Gasteiger charge is -2.15. The van der Waals surface area contributed by atoms with Crippen molar-refractivity contribution in [1.29, 1.82) is 0 Å². The molecule has 0 radical (unpaired) electrons. The van der Waals surface area contributed by atoms with Crippen LogP contribution in [0.4, 0.5) is 8.78 Å². The summed E-state index contributed by atoms with van der Waals surface area (Å²) in [6.45, 7) is 1.51. The van der Waals surface area contributed by atoms with Crippen LogP contribution in [-0.4, -0.2) is 13.4 Å². The Labute approximate surface area is 125 Å². The van der Waals surface area contributed by atoms with Gasteiger partial charge in [-0.2, -0.15) is 0 Å². The summed E-state index contributed by atoms with van der Waals surface area (Å²) >= 11 is 5.74. The molecule has 0 fully saturated rings. The fourth-order valence-corrected chi connectivity index (χ4v) is 3.40. The summed E-state index contributed by atoms with van der Waals surface area (Å²) in [4.78, 5) is 3.51. The van der Waals surface area contributed by atoms with Gasteiger partial charge in [-0.15, -0.1) is 0 Å². The Kier molecular flexibility index (Phi) is 4.55. The first-order valence-corrected chi connectivity index (χ1v) is 7.75. The number of hydrogen-bond donors (Lipinski definition) is 1. The van der Waals surface area contributed by atoms with E-state index < -0.39 is 27.7 Å². The van der Waals surface area contributed by atoms with Gasteiger partial charge in [-0.3, -0.25) is 0 Å². The number of aromatic nitrogens is 1. The molecule has 0 saturated heterocycles. The van der Waals surface area contributed by atoms with Crippen LogP contribution >= 0.6 is 11.6 Å². The van der Waals surface area contributed by atoms with Gasteiger partial charge in [0.15, 0.2) is 11.6 Å². The molecule has 0 aliphatic carbocycles. The molecular weight excluding hydrogens is 322 g/mol. The molecule has 1 N–H and O–H groups in total. The van der Waals surface area contributed by atoms with Gasteiger partial charge in [-0.05, 0) is 36.8 Å². The maximum Gasteiger partial charge on any atom is 0.244 e. The molecule has 0 unspecified atom stereocenters. The van der Waals surface area contributed by atoms with Crippen molar-refractivity contribution in [3.05, 3.63) is 58.9 Å². The van der Waals surface area contributed by atoms with E-state index in [-0.39, 0.29) is 15.6 Å². The summed E-state index contributed by atoms with van der Waals surface area (Å²) in [7, 11) is -3.92. The maximum absolute atomic E-state index is 13.2. The molecule has 0 aliphatic heterocycles. The van der Waals surface area contributed by atoms with Gasteiger partial charge in [0.25, 0.3) is 0 Å². The highest BCUT2D eigenvalue weighted by atomic mass is 35.5. The van der Waals surface area contributed by atoms with E-state index in [0.29, 0.717) is 0 Å². The van der Waals surface area contributed by atoms with Crippen LogP contribution in [0.25, 0.3) is 0 Å². The minimum Gasteiger partial charge on any atom is -0.243 e. The summed E-state index contributed by atoms with van der Waals surface area (Å²) in [5.74, 6) is -2.04. The van der Waals surface area contributed by atoms with Crippen LogP contribution < -0.4 is 4.72 Å². The van der Waals surface area contributed by atoms with E-state index >= 15 is 0 Å². The molecule has 4 nitrogen and oxygen atoms in total. The minimum absolute atomic E-state index is 0.164. The molecule has 1 heterocycles. The Morgan fingerprint density at radius 1 is 1.24 bits per heavy atom. The number of nitrogens with one attached hydrogen (secondary N) is 1. The molecule has 2 rings (SSSR count). The van der Waals surface area contributed by atoms with Gasteiger partial charge in [-0.25, -0.2) is 26.9 Å². The zero-order valence-corrected chi connectivity index (χ0v) is 12.4. The zero-order chi connectivity index (χ0) is 15.6. The van der Waals surface area contributed by atoms with Crippen LogP contribution in [0.5, 0.6) is 0 Å². The predicted molar refractivity (Wildman–Crippen MR) is 74.3 cm³/mol. The van der Waals surface area contributed by atoms with Crippen LogP contribution in [-0.2, 0) is 10.0 Å². The van der Waals surface area contributed by atoms with Crippen LogP contribution in [0.1, 0.15) is 18.5 Å². The molecule has 112 valence electrons. The third kappa shape index (κ3) is 3.55. The van der Waals surface area contributed by atoms with E-state index in [1.54, 1.807) is 0 Å². The van der Waals surface area contributed by atoms with E-state index in [1.165, 1.54) is 31.3 Å². The van der Waals surface area contributed by atoms with Crippen molar-refractivity contribution >= 4 is 21.6 Å². The van der Waals surface area contributed by atoms with E-state index in [4.69, 9.17) is 11.6 Å².